The van der Waals surface area contributed by atoms with Crippen molar-refractivity contribution in [3.8, 4) is 5.75 Å². The Hall–Kier alpha value is -2.82. The van der Waals surface area contributed by atoms with Crippen LogP contribution in [0.2, 0.25) is 0 Å². The Labute approximate surface area is 172 Å². The predicted octanol–water partition coefficient (Wildman–Crippen LogP) is 4.54. The van der Waals surface area contributed by atoms with Crippen molar-refractivity contribution in [1.29, 1.82) is 0 Å². The minimum Gasteiger partial charge on any atom is -0.492 e. The van der Waals surface area contributed by atoms with E-state index in [9.17, 15) is 4.79 Å². The van der Waals surface area contributed by atoms with Gasteiger partial charge in [0.15, 0.2) is 0 Å². The summed E-state index contributed by atoms with van der Waals surface area (Å²) in [6.07, 6.45) is 0.513. The van der Waals surface area contributed by atoms with Crippen LogP contribution in [-0.4, -0.2) is 39.0 Å². The second-order valence-electron chi connectivity index (χ2n) is 8.85. The molecule has 1 aliphatic heterocycles. The fourth-order valence-corrected chi connectivity index (χ4v) is 4.13. The molecule has 2 heterocycles. The Balaban J connectivity index is 1.59. The van der Waals surface area contributed by atoms with Crippen LogP contribution in [0.25, 0.3) is 11.0 Å². The summed E-state index contributed by atoms with van der Waals surface area (Å²) in [6, 6.07) is 16.3. The highest BCUT2D eigenvalue weighted by Crippen LogP contribution is 2.33. The van der Waals surface area contributed by atoms with Crippen molar-refractivity contribution in [1.82, 2.24) is 14.5 Å². The molecule has 152 valence electrons. The van der Waals surface area contributed by atoms with E-state index in [1.807, 2.05) is 41.3 Å². The topological polar surface area (TPSA) is 47.4 Å². The van der Waals surface area contributed by atoms with Gasteiger partial charge in [0.2, 0.25) is 5.91 Å². The van der Waals surface area contributed by atoms with E-state index in [4.69, 9.17) is 9.72 Å². The molecule has 3 aromatic rings. The lowest BCUT2D eigenvalue weighted by atomic mass is 10.1. The molecule has 0 N–H and O–H groups in total. The van der Waals surface area contributed by atoms with Gasteiger partial charge in [-0.05, 0) is 57.5 Å². The first-order valence-electron chi connectivity index (χ1n) is 10.3. The molecule has 1 atom stereocenters. The highest BCUT2D eigenvalue weighted by Gasteiger charge is 2.38. The van der Waals surface area contributed by atoms with Crippen LogP contribution >= 0.6 is 0 Å². The SMILES string of the molecule is Cc1cccc(OCCn2c([C@@H]3CC(=O)N(C(C)(C)C)C3)nc3ccccc32)c1. The number of likely N-dealkylation sites (tertiary alicyclic amines) is 1. The first kappa shape index (κ1) is 19.5. The molecule has 1 aliphatic rings. The standard InChI is InChI=1S/C24H29N3O2/c1-17-8-7-9-19(14-17)29-13-12-26-21-11-6-5-10-20(21)25-23(26)18-15-22(28)27(16-18)24(2,3)4/h5-11,14,18H,12-13,15-16H2,1-4H3/t18-/m1/s1. The molecule has 0 saturated carbocycles. The van der Waals surface area contributed by atoms with Crippen molar-refractivity contribution in [3.05, 3.63) is 59.9 Å². The maximum absolute atomic E-state index is 12.6. The Morgan fingerprint density at radius 1 is 1.14 bits per heavy atom. The summed E-state index contributed by atoms with van der Waals surface area (Å²) < 4.78 is 8.23. The van der Waals surface area contributed by atoms with E-state index < -0.39 is 0 Å². The van der Waals surface area contributed by atoms with Crippen molar-refractivity contribution < 1.29 is 9.53 Å². The van der Waals surface area contributed by atoms with Crippen LogP contribution in [0.4, 0.5) is 0 Å². The molecule has 1 aromatic heterocycles. The number of aromatic nitrogens is 2. The van der Waals surface area contributed by atoms with Crippen LogP contribution in [0, 0.1) is 6.92 Å². The van der Waals surface area contributed by atoms with Crippen molar-refractivity contribution in [2.45, 2.75) is 52.1 Å². The zero-order valence-corrected chi connectivity index (χ0v) is 17.7. The first-order valence-corrected chi connectivity index (χ1v) is 10.3. The zero-order chi connectivity index (χ0) is 20.6. The number of hydrogen-bond donors (Lipinski definition) is 0. The van der Waals surface area contributed by atoms with Gasteiger partial charge >= 0.3 is 0 Å². The molecule has 0 radical (unpaired) electrons. The molecule has 29 heavy (non-hydrogen) atoms. The van der Waals surface area contributed by atoms with E-state index in [0.29, 0.717) is 26.1 Å². The summed E-state index contributed by atoms with van der Waals surface area (Å²) in [4.78, 5) is 19.5. The summed E-state index contributed by atoms with van der Waals surface area (Å²) in [5.41, 5.74) is 3.08. The van der Waals surface area contributed by atoms with Crippen LogP contribution in [0.15, 0.2) is 48.5 Å². The van der Waals surface area contributed by atoms with Gasteiger partial charge in [-0.1, -0.05) is 24.3 Å². The van der Waals surface area contributed by atoms with E-state index in [1.54, 1.807) is 0 Å². The second kappa shape index (κ2) is 7.54. The molecular weight excluding hydrogens is 362 g/mol. The first-order chi connectivity index (χ1) is 13.8. The summed E-state index contributed by atoms with van der Waals surface area (Å²) in [7, 11) is 0. The quantitative estimate of drug-likeness (QED) is 0.642. The van der Waals surface area contributed by atoms with Gasteiger partial charge in [-0.25, -0.2) is 4.98 Å². The molecule has 0 spiro atoms. The fourth-order valence-electron chi connectivity index (χ4n) is 4.13. The van der Waals surface area contributed by atoms with E-state index in [-0.39, 0.29) is 17.4 Å². The van der Waals surface area contributed by atoms with E-state index >= 15 is 0 Å². The highest BCUT2D eigenvalue weighted by atomic mass is 16.5. The van der Waals surface area contributed by atoms with Crippen molar-refractivity contribution in [2.24, 2.45) is 0 Å². The number of imidazole rings is 1. The zero-order valence-electron chi connectivity index (χ0n) is 17.7. The van der Waals surface area contributed by atoms with Gasteiger partial charge in [0, 0.05) is 24.4 Å². The predicted molar refractivity (Wildman–Crippen MR) is 115 cm³/mol. The number of carbonyl (C=O) groups excluding carboxylic acids is 1. The molecule has 2 aromatic carbocycles. The van der Waals surface area contributed by atoms with Crippen molar-refractivity contribution >= 4 is 16.9 Å². The summed E-state index contributed by atoms with van der Waals surface area (Å²) >= 11 is 0. The summed E-state index contributed by atoms with van der Waals surface area (Å²) in [5, 5.41) is 0. The van der Waals surface area contributed by atoms with E-state index in [2.05, 4.69) is 44.4 Å². The number of aryl methyl sites for hydroxylation is 1. The smallest absolute Gasteiger partial charge is 0.223 e. The molecule has 0 aliphatic carbocycles. The van der Waals surface area contributed by atoms with Crippen molar-refractivity contribution in [3.63, 3.8) is 0 Å². The molecule has 4 rings (SSSR count). The second-order valence-corrected chi connectivity index (χ2v) is 8.85. The van der Waals surface area contributed by atoms with Crippen LogP contribution in [0.3, 0.4) is 0 Å². The van der Waals surface area contributed by atoms with Gasteiger partial charge in [-0.15, -0.1) is 0 Å². The minimum absolute atomic E-state index is 0.105. The lowest BCUT2D eigenvalue weighted by Gasteiger charge is -2.32. The minimum atomic E-state index is -0.170. The third kappa shape index (κ3) is 4.00. The van der Waals surface area contributed by atoms with Gasteiger partial charge in [-0.3, -0.25) is 4.79 Å². The fraction of sp³-hybridized carbons (Fsp3) is 0.417. The molecule has 5 nitrogen and oxygen atoms in total. The Morgan fingerprint density at radius 2 is 1.93 bits per heavy atom. The van der Waals surface area contributed by atoms with Gasteiger partial charge in [0.25, 0.3) is 0 Å². The number of benzene rings is 2. The average molecular weight is 392 g/mol. The molecule has 1 saturated heterocycles. The highest BCUT2D eigenvalue weighted by molar-refractivity contribution is 5.81. The lowest BCUT2D eigenvalue weighted by molar-refractivity contribution is -0.131. The third-order valence-electron chi connectivity index (χ3n) is 5.56. The van der Waals surface area contributed by atoms with Crippen LogP contribution < -0.4 is 4.74 Å². The number of fused-ring (bicyclic) bond motifs is 1. The number of carbonyl (C=O) groups is 1. The third-order valence-corrected chi connectivity index (χ3v) is 5.56. The summed E-state index contributed by atoms with van der Waals surface area (Å²) in [5.74, 6) is 2.18. The number of ether oxygens (including phenoxy) is 1. The van der Waals surface area contributed by atoms with E-state index in [1.165, 1.54) is 5.56 Å². The van der Waals surface area contributed by atoms with E-state index in [0.717, 1.165) is 22.6 Å². The average Bonchev–Trinajstić information content (AvgIpc) is 3.22. The molecule has 5 heteroatoms. The number of hydrogen-bond acceptors (Lipinski definition) is 3. The Bertz CT molecular complexity index is 1030. The molecule has 1 amide bonds. The van der Waals surface area contributed by atoms with Crippen LogP contribution in [0.5, 0.6) is 5.75 Å². The number of rotatable bonds is 5. The number of nitrogens with zero attached hydrogens (tertiary/aromatic N) is 3. The van der Waals surface area contributed by atoms with Crippen molar-refractivity contribution in [2.75, 3.05) is 13.2 Å². The van der Waals surface area contributed by atoms with Gasteiger partial charge < -0.3 is 14.2 Å². The van der Waals surface area contributed by atoms with Gasteiger partial charge in [-0.2, -0.15) is 0 Å². The number of para-hydroxylation sites is 2. The Kier molecular flexibility index (Phi) is 5.07. The number of amides is 1. The normalized spacial score (nSPS) is 17.3. The maximum atomic E-state index is 12.6. The largest absolute Gasteiger partial charge is 0.492 e. The molecule has 0 unspecified atom stereocenters. The van der Waals surface area contributed by atoms with Gasteiger partial charge in [0.05, 0.1) is 17.6 Å². The Morgan fingerprint density at radius 3 is 2.66 bits per heavy atom. The molecular formula is C24H29N3O2. The molecule has 0 bridgehead atoms. The lowest BCUT2D eigenvalue weighted by Crippen LogP contribution is -2.42. The monoisotopic (exact) mass is 391 g/mol. The van der Waals surface area contributed by atoms with Crippen LogP contribution in [0.1, 0.15) is 44.5 Å². The maximum Gasteiger partial charge on any atom is 0.223 e. The van der Waals surface area contributed by atoms with Crippen LogP contribution in [-0.2, 0) is 11.3 Å². The summed E-state index contributed by atoms with van der Waals surface area (Å²) in [6.45, 7) is 10.3. The van der Waals surface area contributed by atoms with Gasteiger partial charge in [0.1, 0.15) is 18.2 Å². The molecule has 1 fully saturated rings.